The van der Waals surface area contributed by atoms with Gasteiger partial charge in [0.2, 0.25) is 10.0 Å². The number of aromatic amines is 1. The number of carboxylic acids is 1. The Bertz CT molecular complexity index is 636. The predicted octanol–water partition coefficient (Wildman–Crippen LogP) is -1.03. The number of carbonyl (C=O) groups is 2. The summed E-state index contributed by atoms with van der Waals surface area (Å²) in [4.78, 5) is 23.1. The maximum absolute atomic E-state index is 12.1. The molecule has 0 spiro atoms. The highest BCUT2D eigenvalue weighted by atomic mass is 32.2. The first-order valence-electron chi connectivity index (χ1n) is 5.90. The van der Waals surface area contributed by atoms with Crippen molar-refractivity contribution in [2.45, 2.75) is 11.8 Å². The van der Waals surface area contributed by atoms with Gasteiger partial charge in [0.05, 0.1) is 5.69 Å². The summed E-state index contributed by atoms with van der Waals surface area (Å²) in [6.45, 7) is 1.39. The minimum atomic E-state index is -4.03. The Balaban J connectivity index is 2.73. The van der Waals surface area contributed by atoms with Crippen LogP contribution >= 0.6 is 0 Å². The van der Waals surface area contributed by atoms with E-state index < -0.39 is 26.6 Å². The van der Waals surface area contributed by atoms with Crippen LogP contribution in [-0.2, 0) is 10.0 Å². The van der Waals surface area contributed by atoms with E-state index in [1.165, 1.54) is 11.8 Å². The Labute approximate surface area is 121 Å². The molecule has 2 amide bonds. The van der Waals surface area contributed by atoms with Gasteiger partial charge in [-0.15, -0.1) is 0 Å². The van der Waals surface area contributed by atoms with Crippen molar-refractivity contribution >= 4 is 22.0 Å². The molecule has 0 radical (unpaired) electrons. The Morgan fingerprint density at radius 2 is 1.95 bits per heavy atom. The normalized spacial score (nSPS) is 11.2. The van der Waals surface area contributed by atoms with E-state index in [0.717, 1.165) is 0 Å². The summed E-state index contributed by atoms with van der Waals surface area (Å²) in [7, 11) is -0.933. The fraction of sp³-hybridized carbons (Fsp3) is 0.500. The van der Waals surface area contributed by atoms with Gasteiger partial charge in [0.1, 0.15) is 4.90 Å². The molecule has 0 aromatic carbocycles. The average molecular weight is 319 g/mol. The fourth-order valence-corrected chi connectivity index (χ4v) is 2.83. The summed E-state index contributed by atoms with van der Waals surface area (Å²) in [5.74, 6) is -1.44. The Morgan fingerprint density at radius 1 is 1.33 bits per heavy atom. The van der Waals surface area contributed by atoms with Crippen LogP contribution in [0.1, 0.15) is 16.2 Å². The number of hydrogen-bond donors (Lipinski definition) is 4. The summed E-state index contributed by atoms with van der Waals surface area (Å²) >= 11 is 0. The van der Waals surface area contributed by atoms with Crippen molar-refractivity contribution in [3.8, 4) is 0 Å². The fourth-order valence-electron chi connectivity index (χ4n) is 1.48. The van der Waals surface area contributed by atoms with Crippen LogP contribution in [0.15, 0.2) is 4.90 Å². The van der Waals surface area contributed by atoms with E-state index in [-0.39, 0.29) is 24.8 Å². The molecule has 0 bridgehead atoms. The van der Waals surface area contributed by atoms with Gasteiger partial charge in [0.25, 0.3) is 0 Å². The molecule has 0 saturated carbocycles. The van der Waals surface area contributed by atoms with E-state index in [1.807, 2.05) is 0 Å². The van der Waals surface area contributed by atoms with Crippen molar-refractivity contribution in [1.82, 2.24) is 25.1 Å². The number of carbonyl (C=O) groups excluding carboxylic acids is 1. The Morgan fingerprint density at radius 3 is 2.48 bits per heavy atom. The smallest absolute Gasteiger partial charge is 0.357 e. The second kappa shape index (κ2) is 6.54. The number of aryl methyl sites for hydroxylation is 1. The van der Waals surface area contributed by atoms with Crippen LogP contribution < -0.4 is 10.0 Å². The first-order chi connectivity index (χ1) is 9.66. The molecule has 0 unspecified atom stereocenters. The number of hydrogen-bond acceptors (Lipinski definition) is 5. The molecule has 21 heavy (non-hydrogen) atoms. The number of urea groups is 1. The molecule has 0 aliphatic heterocycles. The highest BCUT2D eigenvalue weighted by Gasteiger charge is 2.27. The van der Waals surface area contributed by atoms with Crippen molar-refractivity contribution in [1.29, 1.82) is 0 Å². The number of H-pyrrole nitrogens is 1. The first kappa shape index (κ1) is 16.9. The molecule has 1 aromatic rings. The third kappa shape index (κ3) is 4.16. The molecule has 0 saturated heterocycles. The molecule has 0 aliphatic carbocycles. The number of aromatic carboxylic acids is 1. The van der Waals surface area contributed by atoms with Crippen LogP contribution in [0.4, 0.5) is 4.79 Å². The number of nitrogens with zero attached hydrogens (tertiary/aromatic N) is 2. The Hall–Kier alpha value is -2.14. The third-order valence-electron chi connectivity index (χ3n) is 2.46. The quantitative estimate of drug-likeness (QED) is 0.493. The first-order valence-corrected chi connectivity index (χ1v) is 7.38. The summed E-state index contributed by atoms with van der Waals surface area (Å²) in [5.41, 5.74) is -0.449. The lowest BCUT2D eigenvalue weighted by molar-refractivity contribution is 0.0686. The second-order valence-corrected chi connectivity index (χ2v) is 6.06. The van der Waals surface area contributed by atoms with Crippen LogP contribution in [0.25, 0.3) is 0 Å². The highest BCUT2D eigenvalue weighted by molar-refractivity contribution is 7.89. The van der Waals surface area contributed by atoms with Gasteiger partial charge in [-0.1, -0.05) is 0 Å². The van der Waals surface area contributed by atoms with Gasteiger partial charge in [0.15, 0.2) is 5.69 Å². The van der Waals surface area contributed by atoms with Crippen LogP contribution in [0.3, 0.4) is 0 Å². The number of nitrogens with one attached hydrogen (secondary N) is 3. The molecular weight excluding hydrogens is 302 g/mol. The lowest BCUT2D eigenvalue weighted by Gasteiger charge is -2.12. The van der Waals surface area contributed by atoms with E-state index >= 15 is 0 Å². The maximum Gasteiger partial charge on any atom is 0.357 e. The largest absolute Gasteiger partial charge is 0.476 e. The zero-order valence-electron chi connectivity index (χ0n) is 11.8. The molecule has 11 heteroatoms. The van der Waals surface area contributed by atoms with Gasteiger partial charge >= 0.3 is 12.0 Å². The van der Waals surface area contributed by atoms with E-state index in [0.29, 0.717) is 0 Å². The zero-order chi connectivity index (χ0) is 16.2. The van der Waals surface area contributed by atoms with Gasteiger partial charge < -0.3 is 15.3 Å². The predicted molar refractivity (Wildman–Crippen MR) is 72.6 cm³/mol. The molecule has 0 atom stereocenters. The monoisotopic (exact) mass is 319 g/mol. The molecule has 10 nitrogen and oxygen atoms in total. The SMILES string of the molecule is Cc1[nH]nc(C(=O)O)c1S(=O)(=O)NCCNC(=O)N(C)C. The molecule has 0 fully saturated rings. The minimum Gasteiger partial charge on any atom is -0.476 e. The molecule has 0 aliphatic rings. The van der Waals surface area contributed by atoms with Crippen molar-refractivity contribution in [3.63, 3.8) is 0 Å². The summed E-state index contributed by atoms with van der Waals surface area (Å²) in [6, 6.07) is -0.361. The molecule has 1 rings (SSSR count). The van der Waals surface area contributed by atoms with E-state index in [9.17, 15) is 18.0 Å². The number of rotatable bonds is 6. The van der Waals surface area contributed by atoms with E-state index in [1.54, 1.807) is 14.1 Å². The van der Waals surface area contributed by atoms with Crippen LogP contribution in [0, 0.1) is 6.92 Å². The van der Waals surface area contributed by atoms with Crippen molar-refractivity contribution in [2.75, 3.05) is 27.2 Å². The number of aromatic nitrogens is 2. The molecule has 118 valence electrons. The molecule has 1 heterocycles. The number of sulfonamides is 1. The topological polar surface area (TPSA) is 144 Å². The van der Waals surface area contributed by atoms with Crippen molar-refractivity contribution in [2.24, 2.45) is 0 Å². The van der Waals surface area contributed by atoms with Crippen LogP contribution in [0.5, 0.6) is 0 Å². The minimum absolute atomic E-state index is 0.0650. The summed E-state index contributed by atoms with van der Waals surface area (Å²) < 4.78 is 26.3. The lowest BCUT2D eigenvalue weighted by atomic mass is 10.4. The van der Waals surface area contributed by atoms with Crippen LogP contribution in [-0.4, -0.2) is 67.8 Å². The Kier molecular flexibility index (Phi) is 5.27. The third-order valence-corrected chi connectivity index (χ3v) is 4.08. The standard InChI is InChI=1S/C10H17N5O5S/c1-6-8(7(9(16)17)14-13-6)21(19,20)12-5-4-11-10(18)15(2)3/h12H,4-5H2,1-3H3,(H,11,18)(H,13,14)(H,16,17). The van der Waals surface area contributed by atoms with Gasteiger partial charge in [-0.25, -0.2) is 22.7 Å². The number of amides is 2. The number of carboxylic acid groups (broad SMARTS) is 1. The summed E-state index contributed by atoms with van der Waals surface area (Å²) in [6.07, 6.45) is 0. The summed E-state index contributed by atoms with van der Waals surface area (Å²) in [5, 5.41) is 17.1. The average Bonchev–Trinajstić information content (AvgIpc) is 2.77. The molecular formula is C10H17N5O5S. The highest BCUT2D eigenvalue weighted by Crippen LogP contribution is 2.16. The molecule has 1 aromatic heterocycles. The van der Waals surface area contributed by atoms with Gasteiger partial charge in [-0.05, 0) is 6.92 Å². The van der Waals surface area contributed by atoms with E-state index in [4.69, 9.17) is 5.11 Å². The van der Waals surface area contributed by atoms with E-state index in [2.05, 4.69) is 20.2 Å². The van der Waals surface area contributed by atoms with Gasteiger partial charge in [-0.2, -0.15) is 5.10 Å². The van der Waals surface area contributed by atoms with Gasteiger partial charge in [0, 0.05) is 27.2 Å². The van der Waals surface area contributed by atoms with Crippen LogP contribution in [0.2, 0.25) is 0 Å². The van der Waals surface area contributed by atoms with Crippen molar-refractivity contribution in [3.05, 3.63) is 11.4 Å². The van der Waals surface area contributed by atoms with Crippen molar-refractivity contribution < 1.29 is 23.1 Å². The lowest BCUT2D eigenvalue weighted by Crippen LogP contribution is -2.39. The maximum atomic E-state index is 12.1. The zero-order valence-corrected chi connectivity index (χ0v) is 12.6. The molecule has 4 N–H and O–H groups in total. The van der Waals surface area contributed by atoms with Gasteiger partial charge in [-0.3, -0.25) is 5.10 Å². The second-order valence-electron chi connectivity index (χ2n) is 4.36.